The van der Waals surface area contributed by atoms with Crippen LogP contribution in [0, 0.1) is 6.92 Å². The van der Waals surface area contributed by atoms with E-state index >= 15 is 0 Å². The molecule has 0 bridgehead atoms. The number of carbonyl (C=O) groups is 1. The molecule has 110 valence electrons. The van der Waals surface area contributed by atoms with Gasteiger partial charge < -0.3 is 10.0 Å². The predicted octanol–water partition coefficient (Wildman–Crippen LogP) is 3.16. The molecule has 0 radical (unpaired) electrons. The van der Waals surface area contributed by atoms with Crippen molar-refractivity contribution in [1.82, 2.24) is 4.90 Å². The fraction of sp³-hybridized carbons (Fsp3) is 0.375. The first-order valence-corrected chi connectivity index (χ1v) is 8.02. The van der Waals surface area contributed by atoms with Gasteiger partial charge in [-0.3, -0.25) is 4.79 Å². The summed E-state index contributed by atoms with van der Waals surface area (Å²) in [5.74, 6) is -0.0191. The maximum Gasteiger partial charge on any atom is 0.286 e. The van der Waals surface area contributed by atoms with Crippen molar-refractivity contribution in [2.75, 3.05) is 13.1 Å². The van der Waals surface area contributed by atoms with Crippen LogP contribution in [-0.4, -0.2) is 34.2 Å². The number of amidine groups is 1. The number of benzene rings is 1. The Morgan fingerprint density at radius 3 is 2.81 bits per heavy atom. The average molecular weight is 302 g/mol. The lowest BCUT2D eigenvalue weighted by atomic mass is 10.1. The molecule has 1 aromatic rings. The van der Waals surface area contributed by atoms with Gasteiger partial charge in [0.15, 0.2) is 5.17 Å². The van der Waals surface area contributed by atoms with Crippen LogP contribution < -0.4 is 0 Å². The minimum atomic E-state index is -0.207. The molecule has 0 aliphatic carbocycles. The summed E-state index contributed by atoms with van der Waals surface area (Å²) < 4.78 is 0. The smallest absolute Gasteiger partial charge is 0.286 e. The Kier molecular flexibility index (Phi) is 4.01. The molecule has 1 fully saturated rings. The monoisotopic (exact) mass is 302 g/mol. The zero-order valence-electron chi connectivity index (χ0n) is 12.0. The topological polar surface area (TPSA) is 52.9 Å². The molecule has 1 aromatic carbocycles. The highest BCUT2D eigenvalue weighted by atomic mass is 32.2. The van der Waals surface area contributed by atoms with Gasteiger partial charge in [-0.15, -0.1) is 0 Å². The summed E-state index contributed by atoms with van der Waals surface area (Å²) in [6, 6.07) is 5.36. The first-order valence-electron chi connectivity index (χ1n) is 7.20. The van der Waals surface area contributed by atoms with E-state index in [1.54, 1.807) is 12.1 Å². The Bertz CT molecular complexity index is 631. The molecule has 4 nitrogen and oxygen atoms in total. The van der Waals surface area contributed by atoms with Crippen LogP contribution in [0.5, 0.6) is 5.75 Å². The fourth-order valence-electron chi connectivity index (χ4n) is 2.55. The number of amides is 1. The Morgan fingerprint density at radius 2 is 2.05 bits per heavy atom. The second-order valence-corrected chi connectivity index (χ2v) is 6.43. The number of rotatable bonds is 1. The number of carbonyl (C=O) groups excluding carboxylic acids is 1. The number of hydrogen-bond acceptors (Lipinski definition) is 4. The van der Waals surface area contributed by atoms with Crippen molar-refractivity contribution in [3.8, 4) is 5.75 Å². The molecule has 1 N–H and O–H groups in total. The third kappa shape index (κ3) is 3.13. The van der Waals surface area contributed by atoms with Gasteiger partial charge in [0.25, 0.3) is 5.91 Å². The van der Waals surface area contributed by atoms with Crippen LogP contribution in [0.2, 0.25) is 0 Å². The number of phenolic OH excluding ortho intramolecular Hbond substituents is 1. The van der Waals surface area contributed by atoms with Gasteiger partial charge >= 0.3 is 0 Å². The molecule has 0 aromatic heterocycles. The summed E-state index contributed by atoms with van der Waals surface area (Å²) in [6.45, 7) is 3.91. The lowest BCUT2D eigenvalue weighted by molar-refractivity contribution is -0.113. The highest BCUT2D eigenvalue weighted by molar-refractivity contribution is 8.18. The number of piperidine rings is 1. The van der Waals surface area contributed by atoms with E-state index in [1.165, 1.54) is 18.2 Å². The molecule has 0 atom stereocenters. The summed E-state index contributed by atoms with van der Waals surface area (Å²) in [4.78, 5) is 19.0. The standard InChI is InChI=1S/C16H18N2O2S/c1-11-5-6-13(19)12(9-11)10-14-15(20)17-16(21-14)18-7-3-2-4-8-18/h5-6,9-10,19H,2-4,7-8H2,1H3/b14-10-. The van der Waals surface area contributed by atoms with E-state index in [0.29, 0.717) is 10.5 Å². The Morgan fingerprint density at radius 1 is 1.29 bits per heavy atom. The predicted molar refractivity (Wildman–Crippen MR) is 86.3 cm³/mol. The van der Waals surface area contributed by atoms with Gasteiger partial charge in [0.2, 0.25) is 0 Å². The number of phenols is 1. The second-order valence-electron chi connectivity index (χ2n) is 5.42. The normalized spacial score (nSPS) is 21.0. The molecule has 0 spiro atoms. The van der Waals surface area contributed by atoms with E-state index < -0.39 is 0 Å². The van der Waals surface area contributed by atoms with Crippen molar-refractivity contribution in [3.05, 3.63) is 34.2 Å². The first-order chi connectivity index (χ1) is 10.1. The fourth-order valence-corrected chi connectivity index (χ4v) is 3.50. The van der Waals surface area contributed by atoms with E-state index in [0.717, 1.165) is 36.7 Å². The molecule has 5 heteroatoms. The van der Waals surface area contributed by atoms with Crippen molar-refractivity contribution >= 4 is 28.9 Å². The van der Waals surface area contributed by atoms with E-state index in [1.807, 2.05) is 19.1 Å². The van der Waals surface area contributed by atoms with Crippen molar-refractivity contribution in [1.29, 1.82) is 0 Å². The van der Waals surface area contributed by atoms with Crippen molar-refractivity contribution < 1.29 is 9.90 Å². The van der Waals surface area contributed by atoms with E-state index in [-0.39, 0.29) is 11.7 Å². The number of hydrogen-bond donors (Lipinski definition) is 1. The summed E-state index contributed by atoms with van der Waals surface area (Å²) in [5, 5.41) is 10.7. The van der Waals surface area contributed by atoms with E-state index in [4.69, 9.17) is 0 Å². The molecule has 3 rings (SSSR count). The largest absolute Gasteiger partial charge is 0.507 e. The van der Waals surface area contributed by atoms with Crippen LogP contribution in [0.15, 0.2) is 28.1 Å². The van der Waals surface area contributed by atoms with Gasteiger partial charge in [-0.1, -0.05) is 11.6 Å². The molecule has 2 aliphatic heterocycles. The number of aryl methyl sites for hydroxylation is 1. The van der Waals surface area contributed by atoms with Gasteiger partial charge in [-0.2, -0.15) is 4.99 Å². The van der Waals surface area contributed by atoms with Gasteiger partial charge in [0, 0.05) is 18.7 Å². The zero-order chi connectivity index (χ0) is 14.8. The van der Waals surface area contributed by atoms with Crippen LogP contribution in [0.1, 0.15) is 30.4 Å². The molecule has 0 saturated carbocycles. The zero-order valence-corrected chi connectivity index (χ0v) is 12.8. The molecule has 2 heterocycles. The summed E-state index contributed by atoms with van der Waals surface area (Å²) in [7, 11) is 0. The van der Waals surface area contributed by atoms with Gasteiger partial charge in [-0.05, 0) is 56.2 Å². The number of nitrogens with zero attached hydrogens (tertiary/aromatic N) is 2. The number of aliphatic imine (C=N–C) groups is 1. The van der Waals surface area contributed by atoms with Gasteiger partial charge in [-0.25, -0.2) is 0 Å². The summed E-state index contributed by atoms with van der Waals surface area (Å²) >= 11 is 1.41. The van der Waals surface area contributed by atoms with Gasteiger partial charge in [0.1, 0.15) is 5.75 Å². The Hall–Kier alpha value is -1.75. The van der Waals surface area contributed by atoms with Crippen LogP contribution in [0.4, 0.5) is 0 Å². The van der Waals surface area contributed by atoms with Crippen molar-refractivity contribution in [2.24, 2.45) is 4.99 Å². The lowest BCUT2D eigenvalue weighted by Crippen LogP contribution is -2.33. The molecule has 2 aliphatic rings. The third-order valence-corrected chi connectivity index (χ3v) is 4.75. The highest BCUT2D eigenvalue weighted by Crippen LogP contribution is 2.33. The van der Waals surface area contributed by atoms with Crippen LogP contribution in [-0.2, 0) is 4.79 Å². The molecule has 0 unspecified atom stereocenters. The summed E-state index contributed by atoms with van der Waals surface area (Å²) in [6.07, 6.45) is 5.30. The molecular weight excluding hydrogens is 284 g/mol. The van der Waals surface area contributed by atoms with Crippen LogP contribution >= 0.6 is 11.8 Å². The maximum atomic E-state index is 12.0. The van der Waals surface area contributed by atoms with E-state index in [9.17, 15) is 9.90 Å². The highest BCUT2D eigenvalue weighted by Gasteiger charge is 2.27. The minimum absolute atomic E-state index is 0.188. The second kappa shape index (κ2) is 5.93. The van der Waals surface area contributed by atoms with Crippen LogP contribution in [0.25, 0.3) is 6.08 Å². The molecule has 1 amide bonds. The minimum Gasteiger partial charge on any atom is -0.507 e. The average Bonchev–Trinajstić information content (AvgIpc) is 2.85. The van der Waals surface area contributed by atoms with Crippen molar-refractivity contribution in [2.45, 2.75) is 26.2 Å². The number of likely N-dealkylation sites (tertiary alicyclic amines) is 1. The Balaban J connectivity index is 1.80. The third-order valence-electron chi connectivity index (χ3n) is 3.71. The maximum absolute atomic E-state index is 12.0. The van der Waals surface area contributed by atoms with Crippen LogP contribution in [0.3, 0.4) is 0 Å². The summed E-state index contributed by atoms with van der Waals surface area (Å²) in [5.41, 5.74) is 1.72. The number of thioether (sulfide) groups is 1. The number of aromatic hydroxyl groups is 1. The Labute approximate surface area is 128 Å². The first kappa shape index (κ1) is 14.2. The van der Waals surface area contributed by atoms with Crippen molar-refractivity contribution in [3.63, 3.8) is 0 Å². The molecule has 1 saturated heterocycles. The SMILES string of the molecule is Cc1ccc(O)c(/C=C2\SC(N3CCCCC3)=NC2=O)c1. The lowest BCUT2D eigenvalue weighted by Gasteiger charge is -2.27. The molecule has 21 heavy (non-hydrogen) atoms. The molecular formula is C16H18N2O2S. The quantitative estimate of drug-likeness (QED) is 0.810. The van der Waals surface area contributed by atoms with E-state index in [2.05, 4.69) is 9.89 Å². The van der Waals surface area contributed by atoms with Gasteiger partial charge in [0.05, 0.1) is 4.91 Å².